The van der Waals surface area contributed by atoms with Crippen LogP contribution in [0.4, 0.5) is 0 Å². The average molecular weight is 219 g/mol. The fourth-order valence-corrected chi connectivity index (χ4v) is 1.72. The number of carbonyl (C=O) groups is 1. The zero-order valence-electron chi connectivity index (χ0n) is 9.52. The van der Waals surface area contributed by atoms with E-state index < -0.39 is 0 Å². The van der Waals surface area contributed by atoms with Crippen LogP contribution in [0.5, 0.6) is 0 Å². The molecule has 0 radical (unpaired) electrons. The number of likely N-dealkylation sites (N-methyl/N-ethyl adjacent to an activating group) is 1. The third-order valence-corrected chi connectivity index (χ3v) is 3.05. The number of carbonyl (C=O) groups excluding carboxylic acids is 1. The SMILES string of the molecule is CN(C(=O)CCc1cccnc1)C1CNC1. The van der Waals surface area contributed by atoms with Gasteiger partial charge in [0.05, 0.1) is 6.04 Å². The van der Waals surface area contributed by atoms with Crippen LogP contribution in [-0.2, 0) is 11.2 Å². The monoisotopic (exact) mass is 219 g/mol. The highest BCUT2D eigenvalue weighted by Gasteiger charge is 2.24. The molecular weight excluding hydrogens is 202 g/mol. The van der Waals surface area contributed by atoms with Gasteiger partial charge in [-0.1, -0.05) is 6.07 Å². The van der Waals surface area contributed by atoms with Crippen molar-refractivity contribution < 1.29 is 4.79 Å². The first-order chi connectivity index (χ1) is 7.77. The second-order valence-electron chi connectivity index (χ2n) is 4.18. The van der Waals surface area contributed by atoms with Crippen LogP contribution in [0.1, 0.15) is 12.0 Å². The summed E-state index contributed by atoms with van der Waals surface area (Å²) in [5.41, 5.74) is 1.12. The standard InChI is InChI=1S/C12H17N3O/c1-15(11-8-14-9-11)12(16)5-4-10-3-2-6-13-7-10/h2-3,6-7,11,14H,4-5,8-9H2,1H3. The van der Waals surface area contributed by atoms with Gasteiger partial charge in [0.2, 0.25) is 5.91 Å². The van der Waals surface area contributed by atoms with Crippen molar-refractivity contribution in [3.63, 3.8) is 0 Å². The zero-order chi connectivity index (χ0) is 11.4. The van der Waals surface area contributed by atoms with Gasteiger partial charge in [-0.3, -0.25) is 9.78 Å². The summed E-state index contributed by atoms with van der Waals surface area (Å²) in [6.45, 7) is 1.85. The molecular formula is C12H17N3O. The van der Waals surface area contributed by atoms with E-state index in [1.165, 1.54) is 0 Å². The van der Waals surface area contributed by atoms with Crippen LogP contribution >= 0.6 is 0 Å². The van der Waals surface area contributed by atoms with Crippen LogP contribution in [0.2, 0.25) is 0 Å². The second kappa shape index (κ2) is 5.07. The van der Waals surface area contributed by atoms with E-state index in [0.29, 0.717) is 12.5 Å². The number of rotatable bonds is 4. The molecule has 2 rings (SSSR count). The van der Waals surface area contributed by atoms with Gasteiger partial charge in [-0.2, -0.15) is 0 Å². The van der Waals surface area contributed by atoms with Crippen LogP contribution in [0, 0.1) is 0 Å². The van der Waals surface area contributed by atoms with E-state index in [1.807, 2.05) is 30.3 Å². The van der Waals surface area contributed by atoms with Crippen LogP contribution < -0.4 is 5.32 Å². The van der Waals surface area contributed by atoms with Crippen molar-refractivity contribution in [1.29, 1.82) is 0 Å². The molecule has 1 saturated heterocycles. The Kier molecular flexibility index (Phi) is 3.51. The van der Waals surface area contributed by atoms with E-state index in [9.17, 15) is 4.79 Å². The Morgan fingerprint density at radius 2 is 2.44 bits per heavy atom. The first kappa shape index (κ1) is 11.1. The van der Waals surface area contributed by atoms with Crippen LogP contribution in [0.3, 0.4) is 0 Å². The van der Waals surface area contributed by atoms with Gasteiger partial charge in [0.25, 0.3) is 0 Å². The number of aromatic nitrogens is 1. The zero-order valence-corrected chi connectivity index (χ0v) is 9.52. The third kappa shape index (κ3) is 2.58. The fraction of sp³-hybridized carbons (Fsp3) is 0.500. The lowest BCUT2D eigenvalue weighted by molar-refractivity contribution is -0.132. The van der Waals surface area contributed by atoms with Gasteiger partial charge in [-0.25, -0.2) is 0 Å². The van der Waals surface area contributed by atoms with Crippen LogP contribution in [-0.4, -0.2) is 42.0 Å². The van der Waals surface area contributed by atoms with Gasteiger partial charge in [0.1, 0.15) is 0 Å². The molecule has 0 aliphatic carbocycles. The Morgan fingerprint density at radius 1 is 1.62 bits per heavy atom. The summed E-state index contributed by atoms with van der Waals surface area (Å²) in [5.74, 6) is 0.218. The maximum atomic E-state index is 11.8. The van der Waals surface area contributed by atoms with E-state index >= 15 is 0 Å². The molecule has 0 atom stereocenters. The molecule has 1 aromatic rings. The third-order valence-electron chi connectivity index (χ3n) is 3.05. The Bertz CT molecular complexity index is 349. The van der Waals surface area contributed by atoms with Crippen molar-refractivity contribution in [2.45, 2.75) is 18.9 Å². The molecule has 0 spiro atoms. The molecule has 1 fully saturated rings. The predicted octanol–water partition coefficient (Wildman–Crippen LogP) is 0.444. The van der Waals surface area contributed by atoms with Crippen molar-refractivity contribution in [1.82, 2.24) is 15.2 Å². The number of hydrogen-bond donors (Lipinski definition) is 1. The number of nitrogens with zero attached hydrogens (tertiary/aromatic N) is 2. The lowest BCUT2D eigenvalue weighted by atomic mass is 10.1. The van der Waals surface area contributed by atoms with E-state index in [0.717, 1.165) is 25.1 Å². The first-order valence-electron chi connectivity index (χ1n) is 5.62. The molecule has 1 aliphatic heterocycles. The van der Waals surface area contributed by atoms with Crippen LogP contribution in [0.15, 0.2) is 24.5 Å². The van der Waals surface area contributed by atoms with Crippen molar-refractivity contribution in [3.05, 3.63) is 30.1 Å². The van der Waals surface area contributed by atoms with Crippen molar-refractivity contribution in [3.8, 4) is 0 Å². The molecule has 4 heteroatoms. The molecule has 1 N–H and O–H groups in total. The molecule has 2 heterocycles. The minimum absolute atomic E-state index is 0.218. The Morgan fingerprint density at radius 3 is 3.00 bits per heavy atom. The largest absolute Gasteiger partial charge is 0.340 e. The summed E-state index contributed by atoms with van der Waals surface area (Å²) >= 11 is 0. The normalized spacial score (nSPS) is 15.6. The van der Waals surface area contributed by atoms with E-state index in [1.54, 1.807) is 6.20 Å². The van der Waals surface area contributed by atoms with E-state index in [4.69, 9.17) is 0 Å². The molecule has 1 aliphatic rings. The lowest BCUT2D eigenvalue weighted by Gasteiger charge is -2.35. The smallest absolute Gasteiger partial charge is 0.222 e. The lowest BCUT2D eigenvalue weighted by Crippen LogP contribution is -2.57. The van der Waals surface area contributed by atoms with Gasteiger partial charge < -0.3 is 10.2 Å². The average Bonchev–Trinajstić information content (AvgIpc) is 2.25. The number of amides is 1. The number of aryl methyl sites for hydroxylation is 1. The second-order valence-corrected chi connectivity index (χ2v) is 4.18. The van der Waals surface area contributed by atoms with Gasteiger partial charge in [-0.05, 0) is 18.1 Å². The quantitative estimate of drug-likeness (QED) is 0.799. The minimum atomic E-state index is 0.218. The molecule has 0 aromatic carbocycles. The number of hydrogen-bond acceptors (Lipinski definition) is 3. The van der Waals surface area contributed by atoms with Crippen molar-refractivity contribution >= 4 is 5.91 Å². The maximum absolute atomic E-state index is 11.8. The van der Waals surface area contributed by atoms with E-state index in [-0.39, 0.29) is 5.91 Å². The number of nitrogens with one attached hydrogen (secondary N) is 1. The van der Waals surface area contributed by atoms with Gasteiger partial charge in [0, 0.05) is 39.0 Å². The van der Waals surface area contributed by atoms with Crippen LogP contribution in [0.25, 0.3) is 0 Å². The first-order valence-corrected chi connectivity index (χ1v) is 5.62. The molecule has 0 unspecified atom stereocenters. The number of pyridine rings is 1. The molecule has 0 bridgehead atoms. The highest BCUT2D eigenvalue weighted by molar-refractivity contribution is 5.76. The Labute approximate surface area is 95.7 Å². The van der Waals surface area contributed by atoms with Gasteiger partial charge in [-0.15, -0.1) is 0 Å². The molecule has 1 aromatic heterocycles. The summed E-state index contributed by atoms with van der Waals surface area (Å²) in [7, 11) is 1.89. The van der Waals surface area contributed by atoms with Gasteiger partial charge >= 0.3 is 0 Å². The molecule has 86 valence electrons. The highest BCUT2D eigenvalue weighted by atomic mass is 16.2. The molecule has 16 heavy (non-hydrogen) atoms. The highest BCUT2D eigenvalue weighted by Crippen LogP contribution is 2.07. The summed E-state index contributed by atoms with van der Waals surface area (Å²) in [6.07, 6.45) is 4.91. The minimum Gasteiger partial charge on any atom is -0.340 e. The van der Waals surface area contributed by atoms with E-state index in [2.05, 4.69) is 10.3 Å². The summed E-state index contributed by atoms with van der Waals surface area (Å²) in [4.78, 5) is 17.7. The topological polar surface area (TPSA) is 45.2 Å². The van der Waals surface area contributed by atoms with Crippen molar-refractivity contribution in [2.75, 3.05) is 20.1 Å². The Hall–Kier alpha value is -1.42. The Balaban J connectivity index is 1.79. The summed E-state index contributed by atoms with van der Waals surface area (Å²) in [6, 6.07) is 4.30. The van der Waals surface area contributed by atoms with Crippen molar-refractivity contribution in [2.24, 2.45) is 0 Å². The molecule has 1 amide bonds. The molecule has 0 saturated carbocycles. The summed E-state index contributed by atoms with van der Waals surface area (Å²) in [5, 5.41) is 3.17. The summed E-state index contributed by atoms with van der Waals surface area (Å²) < 4.78 is 0. The molecule has 4 nitrogen and oxygen atoms in total. The maximum Gasteiger partial charge on any atom is 0.222 e. The predicted molar refractivity (Wildman–Crippen MR) is 62.0 cm³/mol. The fourth-order valence-electron chi connectivity index (χ4n) is 1.72. The van der Waals surface area contributed by atoms with Gasteiger partial charge in [0.15, 0.2) is 0 Å².